The lowest BCUT2D eigenvalue weighted by Crippen LogP contribution is -2.55. The number of fused-ring (bicyclic) bond motifs is 1. The van der Waals surface area contributed by atoms with E-state index < -0.39 is 10.2 Å². The molecule has 0 aromatic carbocycles. The molecule has 2 aliphatic heterocycles. The highest BCUT2D eigenvalue weighted by Crippen LogP contribution is 2.19. The first-order valence-corrected chi connectivity index (χ1v) is 7.03. The summed E-state index contributed by atoms with van der Waals surface area (Å²) in [6, 6.07) is 0. The van der Waals surface area contributed by atoms with Crippen LogP contribution in [0.15, 0.2) is 4.40 Å². The molecule has 2 heterocycles. The monoisotopic (exact) mass is 251 g/mol. The smallest absolute Gasteiger partial charge is 0.323 e. The SMILES string of the molecule is O=S1(=O)N=C2CCCCCN2[C@H](CCl)N1. The van der Waals surface area contributed by atoms with Gasteiger partial charge in [0.2, 0.25) is 0 Å². The summed E-state index contributed by atoms with van der Waals surface area (Å²) in [5.74, 6) is 0.912. The lowest BCUT2D eigenvalue weighted by Gasteiger charge is -2.34. The first-order chi connectivity index (χ1) is 7.12. The molecule has 2 aliphatic rings. The second kappa shape index (κ2) is 4.27. The van der Waals surface area contributed by atoms with Gasteiger partial charge in [-0.25, -0.2) is 0 Å². The van der Waals surface area contributed by atoms with E-state index in [4.69, 9.17) is 11.6 Å². The lowest BCUT2D eigenvalue weighted by molar-refractivity contribution is 0.309. The molecule has 5 nitrogen and oxygen atoms in total. The van der Waals surface area contributed by atoms with E-state index in [2.05, 4.69) is 9.12 Å². The quantitative estimate of drug-likeness (QED) is 0.697. The summed E-state index contributed by atoms with van der Waals surface area (Å²) < 4.78 is 29.0. The highest BCUT2D eigenvalue weighted by atomic mass is 35.5. The average molecular weight is 252 g/mol. The second-order valence-corrected chi connectivity index (χ2v) is 5.45. The number of rotatable bonds is 1. The van der Waals surface area contributed by atoms with Crippen molar-refractivity contribution in [3.05, 3.63) is 0 Å². The van der Waals surface area contributed by atoms with E-state index in [1.165, 1.54) is 0 Å². The highest BCUT2D eigenvalue weighted by molar-refractivity contribution is 7.88. The highest BCUT2D eigenvalue weighted by Gasteiger charge is 2.31. The van der Waals surface area contributed by atoms with Crippen LogP contribution in [0.5, 0.6) is 0 Å². The minimum Gasteiger partial charge on any atom is -0.342 e. The molecule has 1 atom stereocenters. The summed E-state index contributed by atoms with van der Waals surface area (Å²) in [5, 5.41) is 0. The number of halogens is 1. The van der Waals surface area contributed by atoms with Crippen molar-refractivity contribution in [3.63, 3.8) is 0 Å². The molecule has 7 heteroatoms. The molecule has 86 valence electrons. The fourth-order valence-corrected chi connectivity index (χ4v) is 3.38. The third-order valence-corrected chi connectivity index (χ3v) is 3.98. The van der Waals surface area contributed by atoms with Gasteiger partial charge in [-0.2, -0.15) is 13.1 Å². The standard InChI is InChI=1S/C8H14ClN3O2S/c9-6-8-11-15(13,14)10-7-4-2-1-3-5-12(7)8/h8,11H,1-6H2/t8-/m1/s1. The molecular formula is C8H14ClN3O2S. The van der Waals surface area contributed by atoms with Crippen molar-refractivity contribution >= 4 is 27.6 Å². The lowest BCUT2D eigenvalue weighted by atomic mass is 10.2. The maximum Gasteiger partial charge on any atom is 0.323 e. The van der Waals surface area contributed by atoms with Gasteiger partial charge in [0.05, 0.1) is 5.88 Å². The van der Waals surface area contributed by atoms with Gasteiger partial charge in [-0.1, -0.05) is 6.42 Å². The van der Waals surface area contributed by atoms with Crippen LogP contribution in [0.4, 0.5) is 0 Å². The Hall–Kier alpha value is -0.330. The Kier molecular flexibility index (Phi) is 3.18. The topological polar surface area (TPSA) is 61.8 Å². The number of nitrogens with one attached hydrogen (secondary N) is 1. The molecule has 0 aromatic heterocycles. The van der Waals surface area contributed by atoms with Crippen LogP contribution in [0.2, 0.25) is 0 Å². The maximum atomic E-state index is 11.4. The van der Waals surface area contributed by atoms with Gasteiger partial charge in [0.1, 0.15) is 12.0 Å². The molecule has 1 N–H and O–H groups in total. The van der Waals surface area contributed by atoms with Crippen molar-refractivity contribution in [1.29, 1.82) is 0 Å². The molecular weight excluding hydrogens is 238 g/mol. The zero-order valence-electron chi connectivity index (χ0n) is 8.32. The average Bonchev–Trinajstić information content (AvgIpc) is 2.40. The predicted octanol–water partition coefficient (Wildman–Crippen LogP) is 0.674. The van der Waals surface area contributed by atoms with E-state index in [9.17, 15) is 8.42 Å². The van der Waals surface area contributed by atoms with Crippen molar-refractivity contribution in [2.75, 3.05) is 12.4 Å². The van der Waals surface area contributed by atoms with Crippen molar-refractivity contribution in [2.45, 2.75) is 31.8 Å². The van der Waals surface area contributed by atoms with Crippen LogP contribution in [-0.2, 0) is 10.2 Å². The van der Waals surface area contributed by atoms with Gasteiger partial charge in [0.25, 0.3) is 0 Å². The van der Waals surface area contributed by atoms with Crippen molar-refractivity contribution in [3.8, 4) is 0 Å². The van der Waals surface area contributed by atoms with Crippen LogP contribution in [0.25, 0.3) is 0 Å². The van der Waals surface area contributed by atoms with Crippen molar-refractivity contribution in [1.82, 2.24) is 9.62 Å². The normalized spacial score (nSPS) is 30.3. The number of alkyl halides is 1. The zero-order valence-corrected chi connectivity index (χ0v) is 9.89. The van der Waals surface area contributed by atoms with Gasteiger partial charge in [0.15, 0.2) is 0 Å². The molecule has 0 aliphatic carbocycles. The van der Waals surface area contributed by atoms with Crippen molar-refractivity contribution in [2.24, 2.45) is 4.40 Å². The van der Waals surface area contributed by atoms with E-state index in [0.29, 0.717) is 5.84 Å². The van der Waals surface area contributed by atoms with Crippen LogP contribution < -0.4 is 4.72 Å². The van der Waals surface area contributed by atoms with Gasteiger partial charge >= 0.3 is 10.2 Å². The van der Waals surface area contributed by atoms with E-state index >= 15 is 0 Å². The Morgan fingerprint density at radius 1 is 1.47 bits per heavy atom. The van der Waals surface area contributed by atoms with Gasteiger partial charge in [-0.05, 0) is 12.8 Å². The third-order valence-electron chi connectivity index (χ3n) is 2.66. The molecule has 2 rings (SSSR count). The maximum absolute atomic E-state index is 11.4. The Balaban J connectivity index is 2.32. The zero-order chi connectivity index (χ0) is 10.9. The molecule has 0 aromatic rings. The summed E-state index contributed by atoms with van der Waals surface area (Å²) in [5.41, 5.74) is 0. The minimum atomic E-state index is -3.52. The molecule has 0 bridgehead atoms. The molecule has 0 radical (unpaired) electrons. The third kappa shape index (κ3) is 2.43. The molecule has 1 fully saturated rings. The van der Waals surface area contributed by atoms with Gasteiger partial charge in [-0.15, -0.1) is 16.0 Å². The Morgan fingerprint density at radius 3 is 3.00 bits per heavy atom. The summed E-state index contributed by atoms with van der Waals surface area (Å²) in [6.07, 6.45) is 3.58. The van der Waals surface area contributed by atoms with E-state index in [1.54, 1.807) is 0 Å². The number of hydrogen-bond donors (Lipinski definition) is 1. The molecule has 0 saturated carbocycles. The van der Waals surface area contributed by atoms with Crippen molar-refractivity contribution < 1.29 is 8.42 Å². The number of nitrogens with zero attached hydrogens (tertiary/aromatic N) is 2. The van der Waals surface area contributed by atoms with Crippen LogP contribution in [0.1, 0.15) is 25.7 Å². The number of hydrogen-bond acceptors (Lipinski definition) is 3. The molecule has 0 spiro atoms. The van der Waals surface area contributed by atoms with E-state index in [0.717, 1.165) is 32.2 Å². The number of amidine groups is 1. The molecule has 0 amide bonds. The molecule has 0 unspecified atom stereocenters. The summed E-state index contributed by atoms with van der Waals surface area (Å²) >= 11 is 5.76. The largest absolute Gasteiger partial charge is 0.342 e. The minimum absolute atomic E-state index is 0.248. The Morgan fingerprint density at radius 2 is 2.27 bits per heavy atom. The first kappa shape index (κ1) is 11.2. The fraction of sp³-hybridized carbons (Fsp3) is 0.875. The molecule has 1 saturated heterocycles. The second-order valence-electron chi connectivity index (χ2n) is 3.77. The van der Waals surface area contributed by atoms with Gasteiger partial charge < -0.3 is 4.90 Å². The van der Waals surface area contributed by atoms with Crippen LogP contribution >= 0.6 is 11.6 Å². The van der Waals surface area contributed by atoms with E-state index in [-0.39, 0.29) is 12.0 Å². The van der Waals surface area contributed by atoms with Gasteiger partial charge in [-0.3, -0.25) is 0 Å². The van der Waals surface area contributed by atoms with Gasteiger partial charge in [0, 0.05) is 13.0 Å². The predicted molar refractivity (Wildman–Crippen MR) is 59.2 cm³/mol. The van der Waals surface area contributed by atoms with E-state index in [1.807, 2.05) is 4.90 Å². The summed E-state index contributed by atoms with van der Waals surface area (Å²) in [6.45, 7) is 0.832. The summed E-state index contributed by atoms with van der Waals surface area (Å²) in [7, 11) is -3.52. The first-order valence-electron chi connectivity index (χ1n) is 5.06. The summed E-state index contributed by atoms with van der Waals surface area (Å²) in [4.78, 5) is 1.97. The van der Waals surface area contributed by atoms with Crippen LogP contribution in [-0.4, -0.2) is 37.7 Å². The van der Waals surface area contributed by atoms with Crippen LogP contribution in [0, 0.1) is 0 Å². The fourth-order valence-electron chi connectivity index (χ4n) is 1.96. The molecule has 15 heavy (non-hydrogen) atoms. The van der Waals surface area contributed by atoms with Crippen LogP contribution in [0.3, 0.4) is 0 Å². The Labute approximate surface area is 94.7 Å². The Bertz CT molecular complexity index is 368.